The van der Waals surface area contributed by atoms with Gasteiger partial charge in [0.1, 0.15) is 5.60 Å². The van der Waals surface area contributed by atoms with E-state index in [1.165, 1.54) is 20.0 Å². The van der Waals surface area contributed by atoms with Crippen molar-refractivity contribution in [3.05, 3.63) is 0 Å². The normalized spacial score (nSPS) is 30.5. The number of nitrogens with zero attached hydrogens (tertiary/aromatic N) is 2. The first-order chi connectivity index (χ1) is 12.8. The average Bonchev–Trinajstić information content (AvgIpc) is 2.59. The van der Waals surface area contributed by atoms with Gasteiger partial charge >= 0.3 is 12.1 Å². The molecule has 1 saturated carbocycles. The van der Waals surface area contributed by atoms with E-state index in [1.54, 1.807) is 0 Å². The second-order valence-corrected chi connectivity index (χ2v) is 9.55. The molecule has 1 unspecified atom stereocenters. The third kappa shape index (κ3) is 5.15. The molecule has 6 nitrogen and oxygen atoms in total. The van der Waals surface area contributed by atoms with Gasteiger partial charge in [0.15, 0.2) is 0 Å². The molecule has 0 aromatic heterocycles. The molecule has 0 aromatic rings. The summed E-state index contributed by atoms with van der Waals surface area (Å²) in [6.45, 7) is 9.67. The van der Waals surface area contributed by atoms with Crippen molar-refractivity contribution in [1.29, 1.82) is 0 Å². The molecule has 0 N–H and O–H groups in total. The van der Waals surface area contributed by atoms with E-state index in [1.807, 2.05) is 25.7 Å². The summed E-state index contributed by atoms with van der Waals surface area (Å²) >= 11 is 0. The molecule has 0 spiro atoms. The fourth-order valence-electron chi connectivity index (χ4n) is 4.88. The molecule has 0 radical (unpaired) electrons. The maximum Gasteiger partial charge on any atom is 0.410 e. The van der Waals surface area contributed by atoms with Crippen LogP contribution in [-0.2, 0) is 14.3 Å². The van der Waals surface area contributed by atoms with Gasteiger partial charge in [-0.1, -0.05) is 0 Å². The molecule has 3 aliphatic rings. The third-order valence-corrected chi connectivity index (χ3v) is 6.51. The second kappa shape index (κ2) is 8.38. The number of ether oxygens (including phenoxy) is 2. The lowest BCUT2D eigenvalue weighted by Gasteiger charge is -2.47. The van der Waals surface area contributed by atoms with Gasteiger partial charge in [-0.15, -0.1) is 0 Å². The first-order valence-corrected chi connectivity index (χ1v) is 10.6. The molecule has 0 bridgehead atoms. The maximum atomic E-state index is 12.3. The van der Waals surface area contributed by atoms with Gasteiger partial charge in [0.2, 0.25) is 0 Å². The SMILES string of the molecule is COC(=O)C1CC(N2CCCC(C3CCN(C(=O)OC(C)(C)C)CC3)C2)C1. The summed E-state index contributed by atoms with van der Waals surface area (Å²) in [6, 6.07) is 0.554. The Bertz CT molecular complexity index is 531. The van der Waals surface area contributed by atoms with E-state index in [4.69, 9.17) is 9.47 Å². The lowest BCUT2D eigenvalue weighted by Crippen LogP contribution is -2.52. The number of hydrogen-bond acceptors (Lipinski definition) is 5. The summed E-state index contributed by atoms with van der Waals surface area (Å²) < 4.78 is 10.4. The van der Waals surface area contributed by atoms with Crippen LogP contribution in [0.3, 0.4) is 0 Å². The van der Waals surface area contributed by atoms with Crippen molar-refractivity contribution in [2.45, 2.75) is 70.9 Å². The fraction of sp³-hybridized carbons (Fsp3) is 0.905. The maximum absolute atomic E-state index is 12.3. The number of piperidine rings is 2. The van der Waals surface area contributed by atoms with E-state index in [0.717, 1.165) is 57.8 Å². The highest BCUT2D eigenvalue weighted by Gasteiger charge is 2.41. The van der Waals surface area contributed by atoms with E-state index in [9.17, 15) is 9.59 Å². The van der Waals surface area contributed by atoms with Crippen molar-refractivity contribution in [2.24, 2.45) is 17.8 Å². The number of hydrogen-bond donors (Lipinski definition) is 0. The number of amides is 1. The Hall–Kier alpha value is -1.30. The van der Waals surface area contributed by atoms with E-state index in [-0.39, 0.29) is 18.0 Å². The molecule has 6 heteroatoms. The molecule has 3 fully saturated rings. The molecule has 3 rings (SSSR count). The van der Waals surface area contributed by atoms with Crippen molar-refractivity contribution in [3.63, 3.8) is 0 Å². The van der Waals surface area contributed by atoms with Crippen LogP contribution in [0, 0.1) is 17.8 Å². The van der Waals surface area contributed by atoms with E-state index in [0.29, 0.717) is 12.0 Å². The van der Waals surface area contributed by atoms with Gasteiger partial charge < -0.3 is 19.3 Å². The van der Waals surface area contributed by atoms with Crippen LogP contribution in [0.15, 0.2) is 0 Å². The van der Waals surface area contributed by atoms with Crippen molar-refractivity contribution in [2.75, 3.05) is 33.3 Å². The summed E-state index contributed by atoms with van der Waals surface area (Å²) in [4.78, 5) is 28.4. The number of carbonyl (C=O) groups excluding carboxylic acids is 2. The van der Waals surface area contributed by atoms with E-state index < -0.39 is 5.60 Å². The van der Waals surface area contributed by atoms with Gasteiger partial charge in [0.05, 0.1) is 13.0 Å². The Morgan fingerprint density at radius 2 is 1.63 bits per heavy atom. The molecule has 1 atom stereocenters. The van der Waals surface area contributed by atoms with Crippen LogP contribution >= 0.6 is 0 Å². The monoisotopic (exact) mass is 380 g/mol. The molecule has 1 aliphatic carbocycles. The van der Waals surface area contributed by atoms with Crippen molar-refractivity contribution < 1.29 is 19.1 Å². The van der Waals surface area contributed by atoms with Gasteiger partial charge in [-0.25, -0.2) is 4.79 Å². The highest BCUT2D eigenvalue weighted by molar-refractivity contribution is 5.73. The zero-order chi connectivity index (χ0) is 19.6. The largest absolute Gasteiger partial charge is 0.469 e. The number of esters is 1. The Morgan fingerprint density at radius 1 is 0.963 bits per heavy atom. The van der Waals surface area contributed by atoms with Gasteiger partial charge in [-0.05, 0) is 77.7 Å². The van der Waals surface area contributed by atoms with Gasteiger partial charge in [0, 0.05) is 25.7 Å². The van der Waals surface area contributed by atoms with Gasteiger partial charge in [-0.3, -0.25) is 4.79 Å². The predicted molar refractivity (Wildman–Crippen MR) is 103 cm³/mol. The Kier molecular flexibility index (Phi) is 6.34. The summed E-state index contributed by atoms with van der Waals surface area (Å²) in [5.41, 5.74) is -0.428. The topological polar surface area (TPSA) is 59.1 Å². The molecule has 154 valence electrons. The zero-order valence-electron chi connectivity index (χ0n) is 17.4. The van der Waals surface area contributed by atoms with E-state index in [2.05, 4.69) is 4.90 Å². The molecule has 2 aliphatic heterocycles. The van der Waals surface area contributed by atoms with Gasteiger partial charge in [0.25, 0.3) is 0 Å². The summed E-state index contributed by atoms with van der Waals surface area (Å²) in [5.74, 6) is 1.48. The average molecular weight is 381 g/mol. The zero-order valence-corrected chi connectivity index (χ0v) is 17.4. The minimum absolute atomic E-state index is 0.0469. The number of likely N-dealkylation sites (tertiary alicyclic amines) is 2. The number of carbonyl (C=O) groups is 2. The Labute approximate surface area is 163 Å². The molecule has 0 aromatic carbocycles. The Morgan fingerprint density at radius 3 is 2.22 bits per heavy atom. The number of methoxy groups -OCH3 is 1. The minimum Gasteiger partial charge on any atom is -0.469 e. The molecule has 2 saturated heterocycles. The first kappa shape index (κ1) is 20.4. The molecular formula is C21H36N2O4. The highest BCUT2D eigenvalue weighted by atomic mass is 16.6. The smallest absolute Gasteiger partial charge is 0.410 e. The standard InChI is InChI=1S/C21H36N2O4/c1-21(2,3)27-20(25)22-10-7-15(8-11-22)16-6-5-9-23(14-16)18-12-17(13-18)19(24)26-4/h15-18H,5-14H2,1-4H3. The summed E-state index contributed by atoms with van der Waals surface area (Å²) in [6.07, 6.45) is 6.43. The summed E-state index contributed by atoms with van der Waals surface area (Å²) in [5, 5.41) is 0. The van der Waals surface area contributed by atoms with Gasteiger partial charge in [-0.2, -0.15) is 0 Å². The first-order valence-electron chi connectivity index (χ1n) is 10.6. The van der Waals surface area contributed by atoms with Crippen LogP contribution in [0.5, 0.6) is 0 Å². The molecule has 27 heavy (non-hydrogen) atoms. The second-order valence-electron chi connectivity index (χ2n) is 9.55. The van der Waals surface area contributed by atoms with Crippen LogP contribution in [-0.4, -0.2) is 66.8 Å². The van der Waals surface area contributed by atoms with Crippen LogP contribution in [0.1, 0.15) is 59.3 Å². The fourth-order valence-corrected chi connectivity index (χ4v) is 4.88. The summed E-state index contributed by atoms with van der Waals surface area (Å²) in [7, 11) is 1.48. The van der Waals surface area contributed by atoms with Crippen LogP contribution in [0.4, 0.5) is 4.79 Å². The number of rotatable bonds is 3. The molecule has 2 heterocycles. The third-order valence-electron chi connectivity index (χ3n) is 6.51. The van der Waals surface area contributed by atoms with Crippen molar-refractivity contribution >= 4 is 12.1 Å². The predicted octanol–water partition coefficient (Wildman–Crippen LogP) is 3.30. The quantitative estimate of drug-likeness (QED) is 0.703. The van der Waals surface area contributed by atoms with Crippen molar-refractivity contribution in [1.82, 2.24) is 9.80 Å². The lowest BCUT2D eigenvalue weighted by molar-refractivity contribution is -0.151. The minimum atomic E-state index is -0.428. The van der Waals surface area contributed by atoms with Crippen LogP contribution in [0.25, 0.3) is 0 Å². The highest BCUT2D eigenvalue weighted by Crippen LogP contribution is 2.38. The van der Waals surface area contributed by atoms with Crippen molar-refractivity contribution in [3.8, 4) is 0 Å². The Balaban J connectivity index is 1.43. The lowest BCUT2D eigenvalue weighted by atomic mass is 9.75. The molecule has 1 amide bonds. The molecular weight excluding hydrogens is 344 g/mol. The van der Waals surface area contributed by atoms with Crippen LogP contribution in [0.2, 0.25) is 0 Å². The van der Waals surface area contributed by atoms with E-state index >= 15 is 0 Å². The van der Waals surface area contributed by atoms with Crippen LogP contribution < -0.4 is 0 Å².